The lowest BCUT2D eigenvalue weighted by Gasteiger charge is -2.34. The molecule has 2 aromatic heterocycles. The molecule has 1 saturated carbocycles. The summed E-state index contributed by atoms with van der Waals surface area (Å²) in [6, 6.07) is 11.6. The van der Waals surface area contributed by atoms with Gasteiger partial charge in [-0.3, -0.25) is 9.89 Å². The van der Waals surface area contributed by atoms with E-state index in [1.54, 1.807) is 18.3 Å². The van der Waals surface area contributed by atoms with Crippen LogP contribution >= 0.6 is 22.6 Å². The minimum absolute atomic E-state index is 0.0793. The van der Waals surface area contributed by atoms with Gasteiger partial charge in [0, 0.05) is 57.4 Å². The van der Waals surface area contributed by atoms with Crippen LogP contribution in [0.2, 0.25) is 0 Å². The molecule has 1 amide bonds. The number of piperidine rings is 1. The summed E-state index contributed by atoms with van der Waals surface area (Å²) < 4.78 is 7.30. The van der Waals surface area contributed by atoms with Crippen molar-refractivity contribution in [1.82, 2.24) is 30.0 Å². The van der Waals surface area contributed by atoms with Gasteiger partial charge in [0.2, 0.25) is 0 Å². The predicted octanol–water partition coefficient (Wildman–Crippen LogP) is 4.92. The predicted molar refractivity (Wildman–Crippen MR) is 172 cm³/mol. The topological polar surface area (TPSA) is 111 Å². The molecule has 11 heteroatoms. The molecule has 4 aromatic rings. The first-order valence-electron chi connectivity index (χ1n) is 14.9. The summed E-state index contributed by atoms with van der Waals surface area (Å²) in [5.74, 6) is 1.12. The van der Waals surface area contributed by atoms with E-state index in [-0.39, 0.29) is 17.1 Å². The first-order chi connectivity index (χ1) is 20.8. The van der Waals surface area contributed by atoms with Gasteiger partial charge in [-0.25, -0.2) is 0 Å². The van der Waals surface area contributed by atoms with Crippen molar-refractivity contribution in [3.63, 3.8) is 0 Å². The highest BCUT2D eigenvalue weighted by molar-refractivity contribution is 14.1. The van der Waals surface area contributed by atoms with Gasteiger partial charge in [0.25, 0.3) is 5.91 Å². The molecule has 1 atom stereocenters. The Kier molecular flexibility index (Phi) is 7.40. The van der Waals surface area contributed by atoms with Crippen molar-refractivity contribution in [3.05, 3.63) is 68.7 Å². The molecule has 1 unspecified atom stereocenters. The zero-order chi connectivity index (χ0) is 29.7. The number of amides is 1. The molecular formula is C32H36IN7O3. The SMILES string of the molecule is CN(C)CC1(COc2nc3c(c(N4CCCC(c5ccn[nH]5)C4)n2)CN(C(=O)c2cc(O)cc4cccc(I)c24)C3)CC1. The number of nitrogens with one attached hydrogen (secondary N) is 1. The first-order valence-corrected chi connectivity index (χ1v) is 16.0. The quantitative estimate of drug-likeness (QED) is 0.251. The van der Waals surface area contributed by atoms with Crippen molar-refractivity contribution in [2.45, 2.75) is 44.7 Å². The van der Waals surface area contributed by atoms with E-state index in [0.717, 1.165) is 82.4 Å². The monoisotopic (exact) mass is 693 g/mol. The summed E-state index contributed by atoms with van der Waals surface area (Å²) in [4.78, 5) is 30.3. The van der Waals surface area contributed by atoms with Crippen molar-refractivity contribution in [1.29, 1.82) is 0 Å². The number of carbonyl (C=O) groups excluding carboxylic acids is 1. The van der Waals surface area contributed by atoms with Gasteiger partial charge in [0.15, 0.2) is 0 Å². The number of phenols is 1. The van der Waals surface area contributed by atoms with Crippen LogP contribution in [0.25, 0.3) is 10.8 Å². The number of rotatable bonds is 8. The number of fused-ring (bicyclic) bond motifs is 2. The second-order valence-corrected chi connectivity index (χ2v) is 13.7. The molecule has 4 heterocycles. The Morgan fingerprint density at radius 2 is 2.07 bits per heavy atom. The van der Waals surface area contributed by atoms with Crippen LogP contribution in [-0.4, -0.2) is 81.3 Å². The number of aromatic hydroxyl groups is 1. The number of nitrogens with zero attached hydrogens (tertiary/aromatic N) is 6. The maximum Gasteiger partial charge on any atom is 0.318 e. The molecule has 1 saturated heterocycles. The minimum atomic E-state index is -0.131. The lowest BCUT2D eigenvalue weighted by Crippen LogP contribution is -2.36. The zero-order valence-corrected chi connectivity index (χ0v) is 26.7. The molecule has 0 bridgehead atoms. The van der Waals surface area contributed by atoms with Crippen LogP contribution in [0.4, 0.5) is 5.82 Å². The Labute approximate surface area is 264 Å². The fourth-order valence-electron chi connectivity index (χ4n) is 6.72. The van der Waals surface area contributed by atoms with Crippen molar-refractivity contribution < 1.29 is 14.6 Å². The van der Waals surface area contributed by atoms with Gasteiger partial charge in [0.05, 0.1) is 31.0 Å². The van der Waals surface area contributed by atoms with Crippen molar-refractivity contribution in [3.8, 4) is 11.8 Å². The maximum atomic E-state index is 14.1. The van der Waals surface area contributed by atoms with Crippen molar-refractivity contribution in [2.75, 3.05) is 45.2 Å². The van der Waals surface area contributed by atoms with E-state index >= 15 is 0 Å². The minimum Gasteiger partial charge on any atom is -0.508 e. The number of hydrogen-bond donors (Lipinski definition) is 2. The number of H-pyrrole nitrogens is 1. The lowest BCUT2D eigenvalue weighted by molar-refractivity contribution is 0.0752. The fraction of sp³-hybridized carbons (Fsp3) is 0.438. The third kappa shape index (κ3) is 5.64. The molecule has 2 aliphatic heterocycles. The van der Waals surface area contributed by atoms with Crippen LogP contribution in [0, 0.1) is 8.99 Å². The number of anilines is 1. The summed E-state index contributed by atoms with van der Waals surface area (Å²) in [6.07, 6.45) is 6.19. The van der Waals surface area contributed by atoms with Crippen molar-refractivity contribution in [2.24, 2.45) is 5.41 Å². The molecule has 43 heavy (non-hydrogen) atoms. The van der Waals surface area contributed by atoms with E-state index < -0.39 is 0 Å². The number of phenolic OH excluding ortho intramolecular Hbond substituents is 1. The van der Waals surface area contributed by atoms with Gasteiger partial charge >= 0.3 is 6.01 Å². The zero-order valence-electron chi connectivity index (χ0n) is 24.5. The number of ether oxygens (including phenoxy) is 1. The maximum absolute atomic E-state index is 14.1. The fourth-order valence-corrected chi connectivity index (χ4v) is 7.53. The molecule has 2 N–H and O–H groups in total. The van der Waals surface area contributed by atoms with E-state index in [4.69, 9.17) is 14.7 Å². The second-order valence-electron chi connectivity index (χ2n) is 12.6. The molecule has 7 rings (SSSR count). The number of aromatic amines is 1. The number of aromatic nitrogens is 4. The van der Waals surface area contributed by atoms with Gasteiger partial charge in [-0.2, -0.15) is 15.1 Å². The summed E-state index contributed by atoms with van der Waals surface area (Å²) in [6.45, 7) is 4.00. The van der Waals surface area contributed by atoms with Gasteiger partial charge in [-0.1, -0.05) is 12.1 Å². The average molecular weight is 694 g/mol. The molecule has 0 spiro atoms. The third-order valence-electron chi connectivity index (χ3n) is 8.97. The summed E-state index contributed by atoms with van der Waals surface area (Å²) >= 11 is 2.26. The Bertz CT molecular complexity index is 1670. The summed E-state index contributed by atoms with van der Waals surface area (Å²) in [5.41, 5.74) is 3.58. The molecule has 10 nitrogen and oxygen atoms in total. The number of carbonyl (C=O) groups is 1. The van der Waals surface area contributed by atoms with E-state index in [0.29, 0.717) is 37.2 Å². The molecule has 2 fully saturated rings. The Balaban J connectivity index is 1.21. The highest BCUT2D eigenvalue weighted by Gasteiger charge is 2.44. The Hall–Kier alpha value is -3.45. The van der Waals surface area contributed by atoms with Gasteiger partial charge in [0.1, 0.15) is 11.6 Å². The normalized spacial score (nSPS) is 19.2. The Morgan fingerprint density at radius 3 is 2.84 bits per heavy atom. The third-order valence-corrected chi connectivity index (χ3v) is 9.87. The van der Waals surface area contributed by atoms with E-state index in [9.17, 15) is 9.90 Å². The van der Waals surface area contributed by atoms with Crippen LogP contribution in [0.3, 0.4) is 0 Å². The molecule has 224 valence electrons. The second kappa shape index (κ2) is 11.2. The van der Waals surface area contributed by atoms with Crippen LogP contribution in [0.1, 0.15) is 58.9 Å². The molecule has 3 aliphatic rings. The highest BCUT2D eigenvalue weighted by Crippen LogP contribution is 2.46. The molecule has 2 aromatic carbocycles. The first kappa shape index (κ1) is 28.3. The standard InChI is InChI=1S/C32H36IN7O3/c1-38(2)18-32(9-10-32)19-43-31-35-27-17-40(30(42)23-14-22(41)13-20-5-3-7-25(33)28(20)23)16-24(27)29(36-31)39-12-4-6-21(15-39)26-8-11-34-37-26/h3,5,7-8,11,13-14,21,41H,4,6,9-10,12,15-19H2,1-2H3,(H,34,37). The van der Waals surface area contributed by atoms with Crippen LogP contribution in [-0.2, 0) is 13.1 Å². The number of halogens is 1. The van der Waals surface area contributed by atoms with Crippen LogP contribution < -0.4 is 9.64 Å². The van der Waals surface area contributed by atoms with E-state index in [1.165, 1.54) is 0 Å². The summed E-state index contributed by atoms with van der Waals surface area (Å²) in [5, 5.41) is 19.5. The lowest BCUT2D eigenvalue weighted by atomic mass is 9.94. The van der Waals surface area contributed by atoms with Gasteiger partial charge in [-0.15, -0.1) is 0 Å². The number of hydrogen-bond acceptors (Lipinski definition) is 8. The smallest absolute Gasteiger partial charge is 0.318 e. The molecule has 1 aliphatic carbocycles. The van der Waals surface area contributed by atoms with Gasteiger partial charge in [-0.05, 0) is 92.0 Å². The van der Waals surface area contributed by atoms with Crippen LogP contribution in [0.5, 0.6) is 11.8 Å². The summed E-state index contributed by atoms with van der Waals surface area (Å²) in [7, 11) is 4.19. The van der Waals surface area contributed by atoms with Gasteiger partial charge < -0.3 is 24.5 Å². The van der Waals surface area contributed by atoms with E-state index in [1.807, 2.05) is 29.2 Å². The highest BCUT2D eigenvalue weighted by atomic mass is 127. The van der Waals surface area contributed by atoms with E-state index in [2.05, 4.69) is 56.7 Å². The largest absolute Gasteiger partial charge is 0.508 e. The molecular weight excluding hydrogens is 657 g/mol. The Morgan fingerprint density at radius 1 is 1.21 bits per heavy atom. The van der Waals surface area contributed by atoms with Crippen LogP contribution in [0.15, 0.2) is 42.6 Å². The molecule has 0 radical (unpaired) electrons. The van der Waals surface area contributed by atoms with Crippen molar-refractivity contribution >= 4 is 45.1 Å². The number of benzene rings is 2. The average Bonchev–Trinajstić information content (AvgIpc) is 3.35.